The van der Waals surface area contributed by atoms with Gasteiger partial charge in [0.05, 0.1) is 0 Å². The lowest BCUT2D eigenvalue weighted by Crippen LogP contribution is -2.19. The van der Waals surface area contributed by atoms with E-state index in [2.05, 4.69) is 66.8 Å². The minimum Gasteiger partial charge on any atom is -0.312 e. The molecule has 1 atom stereocenters. The van der Waals surface area contributed by atoms with E-state index in [1.54, 1.807) is 0 Å². The lowest BCUT2D eigenvalue weighted by Gasteiger charge is -2.18. The van der Waals surface area contributed by atoms with Crippen molar-refractivity contribution in [3.63, 3.8) is 0 Å². The predicted molar refractivity (Wildman–Crippen MR) is 85.6 cm³/mol. The second-order valence-corrected chi connectivity index (χ2v) is 5.73. The van der Waals surface area contributed by atoms with Gasteiger partial charge in [0, 0.05) is 17.5 Å². The maximum atomic E-state index is 3.42. The van der Waals surface area contributed by atoms with E-state index in [4.69, 9.17) is 0 Å². The average molecular weight is 271 g/mol. The van der Waals surface area contributed by atoms with Crippen LogP contribution in [0.25, 0.3) is 0 Å². The third kappa shape index (κ3) is 4.12. The smallest absolute Gasteiger partial charge is 0.0412 e. The zero-order valence-corrected chi connectivity index (χ0v) is 12.4. The lowest BCUT2D eigenvalue weighted by molar-refractivity contribution is 0.658. The van der Waals surface area contributed by atoms with Gasteiger partial charge in [-0.3, -0.25) is 0 Å². The molecule has 0 fully saturated rings. The summed E-state index contributed by atoms with van der Waals surface area (Å²) in [6.45, 7) is 2.18. The van der Waals surface area contributed by atoms with Crippen LogP contribution in [-0.4, -0.2) is 12.8 Å². The molecule has 1 nitrogen and oxygen atoms in total. The molecule has 0 aliphatic carbocycles. The van der Waals surface area contributed by atoms with E-state index in [-0.39, 0.29) is 0 Å². The Morgan fingerprint density at radius 3 is 2.37 bits per heavy atom. The van der Waals surface area contributed by atoms with E-state index in [1.807, 2.05) is 18.8 Å². The summed E-state index contributed by atoms with van der Waals surface area (Å²) in [7, 11) is 2.04. The molecule has 2 aromatic rings. The molecule has 0 spiro atoms. The molecule has 2 rings (SSSR count). The Hall–Kier alpha value is -1.25. The maximum absolute atomic E-state index is 3.42. The Kier molecular flexibility index (Phi) is 5.49. The van der Waals surface area contributed by atoms with Crippen LogP contribution in [0.4, 0.5) is 0 Å². The maximum Gasteiger partial charge on any atom is 0.0412 e. The fourth-order valence-corrected chi connectivity index (χ4v) is 3.30. The third-order valence-electron chi connectivity index (χ3n) is 3.31. The molecule has 0 aliphatic heterocycles. The standard InChI is InChI=1S/C17H21NS/c1-14-8-6-7-11-16(14)17(18-2)13-19-12-15-9-4-3-5-10-15/h3-11,17-18H,12-13H2,1-2H3. The Morgan fingerprint density at radius 2 is 1.68 bits per heavy atom. The minimum atomic E-state index is 0.426. The van der Waals surface area contributed by atoms with E-state index in [1.165, 1.54) is 16.7 Å². The molecule has 0 bridgehead atoms. The highest BCUT2D eigenvalue weighted by Gasteiger charge is 2.11. The van der Waals surface area contributed by atoms with Gasteiger partial charge in [0.25, 0.3) is 0 Å². The molecule has 2 heteroatoms. The Morgan fingerprint density at radius 1 is 1.00 bits per heavy atom. The van der Waals surface area contributed by atoms with Crippen molar-refractivity contribution in [3.8, 4) is 0 Å². The molecular formula is C17H21NS. The van der Waals surface area contributed by atoms with Crippen LogP contribution >= 0.6 is 11.8 Å². The van der Waals surface area contributed by atoms with Crippen molar-refractivity contribution < 1.29 is 0 Å². The summed E-state index contributed by atoms with van der Waals surface area (Å²) >= 11 is 1.98. The summed E-state index contributed by atoms with van der Waals surface area (Å²) in [4.78, 5) is 0. The first-order valence-electron chi connectivity index (χ1n) is 6.65. The van der Waals surface area contributed by atoms with Gasteiger partial charge in [0.2, 0.25) is 0 Å². The van der Waals surface area contributed by atoms with E-state index in [0.29, 0.717) is 6.04 Å². The highest BCUT2D eigenvalue weighted by atomic mass is 32.2. The highest BCUT2D eigenvalue weighted by molar-refractivity contribution is 7.98. The van der Waals surface area contributed by atoms with Gasteiger partial charge in [-0.25, -0.2) is 0 Å². The third-order valence-corrected chi connectivity index (χ3v) is 4.41. The van der Waals surface area contributed by atoms with Gasteiger partial charge >= 0.3 is 0 Å². The summed E-state index contributed by atoms with van der Waals surface area (Å²) in [5.74, 6) is 2.17. The second kappa shape index (κ2) is 7.37. The van der Waals surface area contributed by atoms with Gasteiger partial charge in [0.1, 0.15) is 0 Å². The van der Waals surface area contributed by atoms with E-state index >= 15 is 0 Å². The topological polar surface area (TPSA) is 12.0 Å². The molecule has 1 N–H and O–H groups in total. The molecule has 0 aromatic heterocycles. The molecule has 0 aliphatic rings. The molecule has 0 saturated carbocycles. The lowest BCUT2D eigenvalue weighted by atomic mass is 10.0. The van der Waals surface area contributed by atoms with E-state index in [0.717, 1.165) is 11.5 Å². The van der Waals surface area contributed by atoms with E-state index in [9.17, 15) is 0 Å². The van der Waals surface area contributed by atoms with E-state index < -0.39 is 0 Å². The first-order chi connectivity index (χ1) is 9.31. The number of hydrogen-bond acceptors (Lipinski definition) is 2. The molecule has 0 amide bonds. The number of nitrogens with one attached hydrogen (secondary N) is 1. The predicted octanol–water partition coefficient (Wildman–Crippen LogP) is 4.19. The van der Waals surface area contributed by atoms with Gasteiger partial charge in [-0.15, -0.1) is 0 Å². The Labute approximate surface area is 120 Å². The van der Waals surface area contributed by atoms with Gasteiger partial charge in [-0.2, -0.15) is 11.8 Å². The largest absolute Gasteiger partial charge is 0.312 e. The first kappa shape index (κ1) is 14.2. The fourth-order valence-electron chi connectivity index (χ4n) is 2.18. The second-order valence-electron chi connectivity index (χ2n) is 4.70. The quantitative estimate of drug-likeness (QED) is 0.845. The molecule has 19 heavy (non-hydrogen) atoms. The minimum absolute atomic E-state index is 0.426. The van der Waals surface area contributed by atoms with Crippen molar-refractivity contribution in [2.24, 2.45) is 0 Å². The molecule has 0 heterocycles. The first-order valence-corrected chi connectivity index (χ1v) is 7.81. The molecule has 1 unspecified atom stereocenters. The highest BCUT2D eigenvalue weighted by Crippen LogP contribution is 2.23. The van der Waals surface area contributed by atoms with Crippen LogP contribution in [0.15, 0.2) is 54.6 Å². The van der Waals surface area contributed by atoms with Gasteiger partial charge in [-0.05, 0) is 30.7 Å². The Balaban J connectivity index is 1.92. The Bertz CT molecular complexity index is 496. The van der Waals surface area contributed by atoms with Gasteiger partial charge in [-0.1, -0.05) is 54.6 Å². The van der Waals surface area contributed by atoms with Crippen LogP contribution in [0, 0.1) is 6.92 Å². The number of hydrogen-bond donors (Lipinski definition) is 1. The van der Waals surface area contributed by atoms with Crippen LogP contribution in [0.5, 0.6) is 0 Å². The number of thioether (sulfide) groups is 1. The molecule has 0 radical (unpaired) electrons. The fraction of sp³-hybridized carbons (Fsp3) is 0.294. The SMILES string of the molecule is CNC(CSCc1ccccc1)c1ccccc1C. The van der Waals surface area contributed by atoms with Crippen LogP contribution in [0.2, 0.25) is 0 Å². The monoisotopic (exact) mass is 271 g/mol. The summed E-state index contributed by atoms with van der Waals surface area (Å²) in [5.41, 5.74) is 4.17. The van der Waals surface area contributed by atoms with Crippen LogP contribution in [0.3, 0.4) is 0 Å². The number of benzene rings is 2. The molecular weight excluding hydrogens is 250 g/mol. The van der Waals surface area contributed by atoms with Gasteiger partial charge in [0.15, 0.2) is 0 Å². The summed E-state index contributed by atoms with van der Waals surface area (Å²) in [5, 5.41) is 3.42. The zero-order chi connectivity index (χ0) is 13.5. The van der Waals surface area contributed by atoms with Crippen molar-refractivity contribution in [2.75, 3.05) is 12.8 Å². The van der Waals surface area contributed by atoms with Crippen molar-refractivity contribution >= 4 is 11.8 Å². The number of rotatable bonds is 6. The van der Waals surface area contributed by atoms with Crippen LogP contribution in [0.1, 0.15) is 22.7 Å². The number of aryl methyl sites for hydroxylation is 1. The van der Waals surface area contributed by atoms with Crippen molar-refractivity contribution in [2.45, 2.75) is 18.7 Å². The van der Waals surface area contributed by atoms with Crippen molar-refractivity contribution in [3.05, 3.63) is 71.3 Å². The molecule has 0 saturated heterocycles. The van der Waals surface area contributed by atoms with Crippen LogP contribution in [-0.2, 0) is 5.75 Å². The average Bonchev–Trinajstić information content (AvgIpc) is 2.46. The molecule has 2 aromatic carbocycles. The summed E-state index contributed by atoms with van der Waals surface area (Å²) in [6.07, 6.45) is 0. The molecule has 100 valence electrons. The summed E-state index contributed by atoms with van der Waals surface area (Å²) < 4.78 is 0. The zero-order valence-electron chi connectivity index (χ0n) is 11.6. The normalized spacial score (nSPS) is 12.3. The van der Waals surface area contributed by atoms with Crippen molar-refractivity contribution in [1.82, 2.24) is 5.32 Å². The van der Waals surface area contributed by atoms with Gasteiger partial charge < -0.3 is 5.32 Å². The van der Waals surface area contributed by atoms with Crippen LogP contribution < -0.4 is 5.32 Å². The van der Waals surface area contributed by atoms with Crippen molar-refractivity contribution in [1.29, 1.82) is 0 Å². The summed E-state index contributed by atoms with van der Waals surface area (Å²) in [6, 6.07) is 19.7.